The minimum absolute atomic E-state index is 0.0265. The standard InChI is InChI=1S/C25H20N4O3S/c30-23-14-26-25(32)29(23)15-17-5-9-18(10-6-17)24(31)27-19-11-7-16(8-12-19)13-22-28-20-3-1-2-4-21(20)33-22/h1-12H,13-15H2,(H,26,32)(H,27,31). The lowest BCUT2D eigenvalue weighted by Crippen LogP contribution is -2.30. The molecule has 0 saturated carbocycles. The van der Waals surface area contributed by atoms with Gasteiger partial charge in [0.25, 0.3) is 5.91 Å². The molecule has 2 N–H and O–H groups in total. The number of imide groups is 1. The van der Waals surface area contributed by atoms with E-state index in [9.17, 15) is 14.4 Å². The zero-order valence-electron chi connectivity index (χ0n) is 17.6. The monoisotopic (exact) mass is 456 g/mol. The fraction of sp³-hybridized carbons (Fsp3) is 0.120. The first-order valence-electron chi connectivity index (χ1n) is 10.5. The molecule has 0 unspecified atom stereocenters. The van der Waals surface area contributed by atoms with Gasteiger partial charge in [0, 0.05) is 17.7 Å². The molecule has 0 spiro atoms. The maximum absolute atomic E-state index is 12.6. The predicted octanol–water partition coefficient (Wildman–Crippen LogP) is 4.19. The van der Waals surface area contributed by atoms with Crippen molar-refractivity contribution in [3.63, 3.8) is 0 Å². The van der Waals surface area contributed by atoms with Crippen LogP contribution in [0.25, 0.3) is 10.2 Å². The van der Waals surface area contributed by atoms with Crippen LogP contribution in [-0.2, 0) is 17.8 Å². The molecule has 1 saturated heterocycles. The fourth-order valence-corrected chi connectivity index (χ4v) is 4.64. The molecule has 3 aromatic carbocycles. The summed E-state index contributed by atoms with van der Waals surface area (Å²) in [7, 11) is 0. The zero-order chi connectivity index (χ0) is 22.8. The van der Waals surface area contributed by atoms with Gasteiger partial charge in [-0.2, -0.15) is 0 Å². The number of amides is 4. The highest BCUT2D eigenvalue weighted by atomic mass is 32.1. The van der Waals surface area contributed by atoms with Gasteiger partial charge in [-0.05, 0) is 47.5 Å². The molecule has 1 aliphatic rings. The quantitative estimate of drug-likeness (QED) is 0.426. The summed E-state index contributed by atoms with van der Waals surface area (Å²) < 4.78 is 1.18. The van der Waals surface area contributed by atoms with E-state index in [4.69, 9.17) is 0 Å². The van der Waals surface area contributed by atoms with E-state index in [0.717, 1.165) is 33.0 Å². The van der Waals surface area contributed by atoms with Crippen LogP contribution in [0.2, 0.25) is 0 Å². The number of fused-ring (bicyclic) bond motifs is 1. The van der Waals surface area contributed by atoms with E-state index in [1.54, 1.807) is 35.6 Å². The Morgan fingerprint density at radius 1 is 0.970 bits per heavy atom. The average Bonchev–Trinajstić information content (AvgIpc) is 3.38. The molecule has 2 heterocycles. The summed E-state index contributed by atoms with van der Waals surface area (Å²) >= 11 is 1.69. The second-order valence-corrected chi connectivity index (χ2v) is 8.85. The van der Waals surface area contributed by atoms with Crippen LogP contribution in [0.4, 0.5) is 10.5 Å². The van der Waals surface area contributed by atoms with Crippen LogP contribution in [0.15, 0.2) is 72.8 Å². The fourth-order valence-electron chi connectivity index (χ4n) is 3.64. The first-order chi connectivity index (χ1) is 16.0. The van der Waals surface area contributed by atoms with E-state index in [2.05, 4.69) is 21.7 Å². The van der Waals surface area contributed by atoms with Crippen molar-refractivity contribution >= 4 is 45.1 Å². The van der Waals surface area contributed by atoms with Crippen molar-refractivity contribution in [1.82, 2.24) is 15.2 Å². The number of nitrogens with one attached hydrogen (secondary N) is 2. The van der Waals surface area contributed by atoms with E-state index < -0.39 is 6.03 Å². The Balaban J connectivity index is 1.19. The zero-order valence-corrected chi connectivity index (χ0v) is 18.4. The number of aromatic nitrogens is 1. The SMILES string of the molecule is O=C(Nc1ccc(Cc2nc3ccccc3s2)cc1)c1ccc(CN2C(=O)CNC2=O)cc1. The second-order valence-electron chi connectivity index (χ2n) is 7.74. The number of urea groups is 1. The van der Waals surface area contributed by atoms with Crippen molar-refractivity contribution < 1.29 is 14.4 Å². The number of para-hydroxylation sites is 1. The summed E-state index contributed by atoms with van der Waals surface area (Å²) in [6.07, 6.45) is 0.743. The van der Waals surface area contributed by atoms with Crippen molar-refractivity contribution in [3.05, 3.63) is 94.5 Å². The van der Waals surface area contributed by atoms with E-state index in [0.29, 0.717) is 11.3 Å². The van der Waals surface area contributed by atoms with Crippen molar-refractivity contribution in [2.75, 3.05) is 11.9 Å². The molecule has 5 rings (SSSR count). The minimum atomic E-state index is -0.395. The second kappa shape index (κ2) is 8.84. The van der Waals surface area contributed by atoms with Crippen molar-refractivity contribution in [1.29, 1.82) is 0 Å². The number of hydrogen-bond acceptors (Lipinski definition) is 5. The molecule has 0 aliphatic carbocycles. The highest BCUT2D eigenvalue weighted by Crippen LogP contribution is 2.24. The molecule has 8 heteroatoms. The number of nitrogens with zero attached hydrogens (tertiary/aromatic N) is 2. The molecule has 1 aliphatic heterocycles. The molecule has 1 aromatic heterocycles. The van der Waals surface area contributed by atoms with Crippen molar-refractivity contribution in [2.24, 2.45) is 0 Å². The number of rotatable bonds is 6. The van der Waals surface area contributed by atoms with E-state index >= 15 is 0 Å². The molecule has 164 valence electrons. The van der Waals surface area contributed by atoms with Gasteiger partial charge in [-0.3, -0.25) is 14.5 Å². The summed E-state index contributed by atoms with van der Waals surface area (Å²) in [5.74, 6) is -0.483. The molecule has 4 aromatic rings. The van der Waals surface area contributed by atoms with Crippen LogP contribution >= 0.6 is 11.3 Å². The largest absolute Gasteiger partial charge is 0.329 e. The predicted molar refractivity (Wildman–Crippen MR) is 127 cm³/mol. The normalized spacial score (nSPS) is 13.4. The Labute approximate surface area is 194 Å². The Morgan fingerprint density at radius 3 is 2.39 bits per heavy atom. The molecule has 1 fully saturated rings. The van der Waals surface area contributed by atoms with Gasteiger partial charge in [0.2, 0.25) is 5.91 Å². The summed E-state index contributed by atoms with van der Waals surface area (Å²) in [5.41, 5.74) is 4.11. The van der Waals surface area contributed by atoms with Crippen LogP contribution in [-0.4, -0.2) is 34.3 Å². The maximum atomic E-state index is 12.6. The number of carbonyl (C=O) groups excluding carboxylic acids is 3. The minimum Gasteiger partial charge on any atom is -0.329 e. The van der Waals surface area contributed by atoms with Crippen LogP contribution in [0.5, 0.6) is 0 Å². The van der Waals surface area contributed by atoms with Crippen LogP contribution in [0, 0.1) is 0 Å². The average molecular weight is 457 g/mol. The summed E-state index contributed by atoms with van der Waals surface area (Å²) in [4.78, 5) is 41.8. The maximum Gasteiger partial charge on any atom is 0.324 e. The molecule has 0 radical (unpaired) electrons. The van der Waals surface area contributed by atoms with Gasteiger partial charge in [-0.15, -0.1) is 11.3 Å². The van der Waals surface area contributed by atoms with Crippen LogP contribution in [0.1, 0.15) is 26.5 Å². The van der Waals surface area contributed by atoms with Gasteiger partial charge in [0.15, 0.2) is 0 Å². The number of anilines is 1. The van der Waals surface area contributed by atoms with Crippen molar-refractivity contribution in [3.8, 4) is 0 Å². The van der Waals surface area contributed by atoms with E-state index in [1.807, 2.05) is 42.5 Å². The lowest BCUT2D eigenvalue weighted by Gasteiger charge is -2.12. The van der Waals surface area contributed by atoms with Gasteiger partial charge in [0.05, 0.1) is 28.3 Å². The number of hydrogen-bond donors (Lipinski definition) is 2. The summed E-state index contributed by atoms with van der Waals surface area (Å²) in [6.45, 7) is 0.210. The Hall–Kier alpha value is -4.04. The smallest absolute Gasteiger partial charge is 0.324 e. The third kappa shape index (κ3) is 4.61. The van der Waals surface area contributed by atoms with Gasteiger partial charge in [-0.25, -0.2) is 9.78 Å². The van der Waals surface area contributed by atoms with Crippen LogP contribution in [0.3, 0.4) is 0 Å². The van der Waals surface area contributed by atoms with Gasteiger partial charge >= 0.3 is 6.03 Å². The molecular weight excluding hydrogens is 436 g/mol. The molecule has 0 atom stereocenters. The number of thiazole rings is 1. The highest BCUT2D eigenvalue weighted by Gasteiger charge is 2.28. The van der Waals surface area contributed by atoms with E-state index in [1.165, 1.54) is 4.70 Å². The summed E-state index contributed by atoms with van der Waals surface area (Å²) in [5, 5.41) is 6.44. The molecule has 7 nitrogen and oxygen atoms in total. The Kier molecular flexibility index (Phi) is 5.58. The molecule has 0 bridgehead atoms. The topological polar surface area (TPSA) is 91.4 Å². The van der Waals surface area contributed by atoms with Crippen LogP contribution < -0.4 is 10.6 Å². The van der Waals surface area contributed by atoms with E-state index in [-0.39, 0.29) is 24.9 Å². The number of benzene rings is 3. The Bertz CT molecular complexity index is 1300. The molecular formula is C25H20N4O3S. The van der Waals surface area contributed by atoms with Crippen molar-refractivity contribution in [2.45, 2.75) is 13.0 Å². The first-order valence-corrected chi connectivity index (χ1v) is 11.3. The third-order valence-corrected chi connectivity index (χ3v) is 6.44. The highest BCUT2D eigenvalue weighted by molar-refractivity contribution is 7.18. The Morgan fingerprint density at radius 2 is 1.70 bits per heavy atom. The molecule has 4 amide bonds. The first kappa shape index (κ1) is 20.8. The molecule has 33 heavy (non-hydrogen) atoms. The summed E-state index contributed by atoms with van der Waals surface area (Å²) in [6, 6.07) is 22.3. The van der Waals surface area contributed by atoms with Gasteiger partial charge in [-0.1, -0.05) is 36.4 Å². The third-order valence-electron chi connectivity index (χ3n) is 5.40. The van der Waals surface area contributed by atoms with Gasteiger partial charge < -0.3 is 10.6 Å². The number of carbonyl (C=O) groups is 3. The lowest BCUT2D eigenvalue weighted by molar-refractivity contribution is -0.125. The lowest BCUT2D eigenvalue weighted by atomic mass is 10.1. The van der Waals surface area contributed by atoms with Gasteiger partial charge in [0.1, 0.15) is 0 Å².